The Bertz CT molecular complexity index is 557. The van der Waals surface area contributed by atoms with Gasteiger partial charge < -0.3 is 19.8 Å². The van der Waals surface area contributed by atoms with Gasteiger partial charge in [-0.3, -0.25) is 4.79 Å². The Balaban J connectivity index is 2.20. The van der Waals surface area contributed by atoms with Crippen LogP contribution in [0.3, 0.4) is 0 Å². The van der Waals surface area contributed by atoms with E-state index in [-0.39, 0.29) is 11.7 Å². The average molecular weight is 293 g/mol. The van der Waals surface area contributed by atoms with Crippen LogP contribution in [0.4, 0.5) is 5.69 Å². The summed E-state index contributed by atoms with van der Waals surface area (Å²) in [4.78, 5) is 24.9. The summed E-state index contributed by atoms with van der Waals surface area (Å²) < 4.78 is 5.31. The van der Waals surface area contributed by atoms with E-state index in [1.165, 1.54) is 11.0 Å². The van der Waals surface area contributed by atoms with Crippen molar-refractivity contribution >= 4 is 17.6 Å². The highest BCUT2D eigenvalue weighted by Crippen LogP contribution is 2.28. The van der Waals surface area contributed by atoms with Crippen LogP contribution in [0.25, 0.3) is 0 Å². The fourth-order valence-corrected chi connectivity index (χ4v) is 2.51. The van der Waals surface area contributed by atoms with Gasteiger partial charge in [0, 0.05) is 12.6 Å². The number of carbonyl (C=O) groups is 2. The molecule has 1 heterocycles. The van der Waals surface area contributed by atoms with Gasteiger partial charge in [-0.05, 0) is 38.3 Å². The van der Waals surface area contributed by atoms with Crippen molar-refractivity contribution in [3.63, 3.8) is 0 Å². The minimum atomic E-state index is -1.04. The number of rotatable bonds is 4. The van der Waals surface area contributed by atoms with Crippen LogP contribution in [0.5, 0.6) is 5.75 Å². The number of aryl methyl sites for hydroxylation is 1. The van der Waals surface area contributed by atoms with Crippen molar-refractivity contribution in [2.24, 2.45) is 0 Å². The molecular weight excluding hydrogens is 274 g/mol. The third kappa shape index (κ3) is 3.16. The molecule has 0 aromatic heterocycles. The van der Waals surface area contributed by atoms with Crippen molar-refractivity contribution in [1.29, 1.82) is 0 Å². The highest BCUT2D eigenvalue weighted by atomic mass is 16.5. The van der Waals surface area contributed by atoms with E-state index in [1.807, 2.05) is 13.8 Å². The molecule has 1 saturated heterocycles. The number of carbonyl (C=O) groups excluding carboxylic acids is 1. The Morgan fingerprint density at radius 1 is 1.33 bits per heavy atom. The monoisotopic (exact) mass is 293 g/mol. The number of nitrogens with zero attached hydrogens (tertiary/aromatic N) is 1. The van der Waals surface area contributed by atoms with Gasteiger partial charge in [0.05, 0.1) is 5.69 Å². The molecule has 0 radical (unpaired) electrons. The summed E-state index contributed by atoms with van der Waals surface area (Å²) in [6, 6.07) is 4.82. The van der Waals surface area contributed by atoms with Crippen molar-refractivity contribution in [2.75, 3.05) is 11.4 Å². The predicted octanol–water partition coefficient (Wildman–Crippen LogP) is 1.69. The molecule has 1 amide bonds. The van der Waals surface area contributed by atoms with E-state index in [1.54, 1.807) is 12.1 Å². The smallest absolute Gasteiger partial charge is 0.332 e. The third-order valence-corrected chi connectivity index (χ3v) is 3.64. The SMILES string of the molecule is CCN(C(=O)C1CCC(C(=O)O)O1)c1cc(O)ccc1C. The number of likely N-dealkylation sites (N-methyl/N-ethyl adjacent to an activating group) is 1. The quantitative estimate of drug-likeness (QED) is 0.882. The number of hydrogen-bond acceptors (Lipinski definition) is 4. The normalized spacial score (nSPS) is 21.2. The molecule has 2 rings (SSSR count). The largest absolute Gasteiger partial charge is 0.508 e. The highest BCUT2D eigenvalue weighted by Gasteiger charge is 2.37. The van der Waals surface area contributed by atoms with Gasteiger partial charge in [0.15, 0.2) is 6.10 Å². The molecule has 6 nitrogen and oxygen atoms in total. The zero-order valence-electron chi connectivity index (χ0n) is 12.1. The molecule has 0 saturated carbocycles. The number of phenols is 1. The number of carboxylic acids is 1. The van der Waals surface area contributed by atoms with Crippen LogP contribution in [0.1, 0.15) is 25.3 Å². The number of amides is 1. The maximum atomic E-state index is 12.5. The van der Waals surface area contributed by atoms with Crippen LogP contribution in [0, 0.1) is 6.92 Å². The Hall–Kier alpha value is -2.08. The summed E-state index contributed by atoms with van der Waals surface area (Å²) in [5.74, 6) is -1.23. The molecule has 1 fully saturated rings. The highest BCUT2D eigenvalue weighted by molar-refractivity contribution is 5.97. The van der Waals surface area contributed by atoms with E-state index in [0.29, 0.717) is 25.1 Å². The lowest BCUT2D eigenvalue weighted by Gasteiger charge is -2.25. The first-order valence-electron chi connectivity index (χ1n) is 6.93. The first-order chi connectivity index (χ1) is 9.93. The van der Waals surface area contributed by atoms with Crippen molar-refractivity contribution in [3.8, 4) is 5.75 Å². The van der Waals surface area contributed by atoms with Crippen LogP contribution in [0.15, 0.2) is 18.2 Å². The molecule has 0 bridgehead atoms. The van der Waals surface area contributed by atoms with Crippen molar-refractivity contribution < 1.29 is 24.5 Å². The van der Waals surface area contributed by atoms with E-state index in [4.69, 9.17) is 9.84 Å². The van der Waals surface area contributed by atoms with Gasteiger partial charge >= 0.3 is 5.97 Å². The van der Waals surface area contributed by atoms with Gasteiger partial charge in [-0.15, -0.1) is 0 Å². The molecule has 6 heteroatoms. The molecule has 2 unspecified atom stereocenters. The average Bonchev–Trinajstić information content (AvgIpc) is 2.93. The van der Waals surface area contributed by atoms with Crippen LogP contribution >= 0.6 is 0 Å². The maximum Gasteiger partial charge on any atom is 0.332 e. The van der Waals surface area contributed by atoms with Gasteiger partial charge in [0.1, 0.15) is 11.9 Å². The molecule has 0 aliphatic carbocycles. The van der Waals surface area contributed by atoms with E-state index in [0.717, 1.165) is 5.56 Å². The van der Waals surface area contributed by atoms with Crippen LogP contribution in [0.2, 0.25) is 0 Å². The van der Waals surface area contributed by atoms with Gasteiger partial charge in [0.25, 0.3) is 5.91 Å². The second-order valence-corrected chi connectivity index (χ2v) is 5.08. The topological polar surface area (TPSA) is 87.1 Å². The summed E-state index contributed by atoms with van der Waals surface area (Å²) in [6.45, 7) is 4.09. The molecule has 2 atom stereocenters. The van der Waals surface area contributed by atoms with Gasteiger partial charge in [-0.1, -0.05) is 6.07 Å². The number of phenolic OH excluding ortho intramolecular Hbond substituents is 1. The Labute approximate surface area is 122 Å². The van der Waals surface area contributed by atoms with Crippen LogP contribution in [-0.2, 0) is 14.3 Å². The summed E-state index contributed by atoms with van der Waals surface area (Å²) >= 11 is 0. The van der Waals surface area contributed by atoms with Crippen molar-refractivity contribution in [3.05, 3.63) is 23.8 Å². The third-order valence-electron chi connectivity index (χ3n) is 3.64. The number of carboxylic acid groups (broad SMARTS) is 1. The molecular formula is C15H19NO5. The lowest BCUT2D eigenvalue weighted by Crippen LogP contribution is -2.40. The lowest BCUT2D eigenvalue weighted by molar-refractivity contribution is -0.151. The van der Waals surface area contributed by atoms with Gasteiger partial charge in [0.2, 0.25) is 0 Å². The Kier molecular flexibility index (Phi) is 4.47. The minimum Gasteiger partial charge on any atom is -0.508 e. The zero-order valence-corrected chi connectivity index (χ0v) is 12.1. The molecule has 0 spiro atoms. The van der Waals surface area contributed by atoms with Crippen molar-refractivity contribution in [2.45, 2.75) is 38.9 Å². The lowest BCUT2D eigenvalue weighted by atomic mass is 10.1. The fourth-order valence-electron chi connectivity index (χ4n) is 2.51. The molecule has 2 N–H and O–H groups in total. The molecule has 1 aliphatic rings. The number of benzene rings is 1. The van der Waals surface area contributed by atoms with Crippen LogP contribution in [-0.4, -0.2) is 40.8 Å². The first-order valence-corrected chi connectivity index (χ1v) is 6.93. The number of aromatic hydroxyl groups is 1. The van der Waals surface area contributed by atoms with E-state index in [9.17, 15) is 14.7 Å². The summed E-state index contributed by atoms with van der Waals surface area (Å²) in [5.41, 5.74) is 1.47. The number of anilines is 1. The Morgan fingerprint density at radius 3 is 2.57 bits per heavy atom. The van der Waals surface area contributed by atoms with E-state index >= 15 is 0 Å². The molecule has 1 aromatic rings. The summed E-state index contributed by atoms with van der Waals surface area (Å²) in [6.07, 6.45) is -0.928. The number of hydrogen-bond donors (Lipinski definition) is 2. The second-order valence-electron chi connectivity index (χ2n) is 5.08. The summed E-state index contributed by atoms with van der Waals surface area (Å²) in [7, 11) is 0. The predicted molar refractivity (Wildman–Crippen MR) is 76.4 cm³/mol. The van der Waals surface area contributed by atoms with Gasteiger partial charge in [-0.2, -0.15) is 0 Å². The first kappa shape index (κ1) is 15.3. The maximum absolute atomic E-state index is 12.5. The van der Waals surface area contributed by atoms with Crippen molar-refractivity contribution in [1.82, 2.24) is 0 Å². The standard InChI is InChI=1S/C15H19NO5/c1-3-16(11-8-10(17)5-4-9(11)2)14(18)12-6-7-13(21-12)15(19)20/h4-5,8,12-13,17H,3,6-7H2,1-2H3,(H,19,20). The Morgan fingerprint density at radius 2 is 2.00 bits per heavy atom. The molecule has 1 aliphatic heterocycles. The van der Waals surface area contributed by atoms with Gasteiger partial charge in [-0.25, -0.2) is 4.79 Å². The van der Waals surface area contributed by atoms with Crippen LogP contribution < -0.4 is 4.90 Å². The second kappa shape index (κ2) is 6.13. The molecule has 114 valence electrons. The zero-order chi connectivity index (χ0) is 15.6. The van der Waals surface area contributed by atoms with E-state index < -0.39 is 18.2 Å². The number of aliphatic carboxylic acids is 1. The summed E-state index contributed by atoms with van der Waals surface area (Å²) in [5, 5.41) is 18.5. The molecule has 21 heavy (non-hydrogen) atoms. The molecule has 1 aromatic carbocycles. The van der Waals surface area contributed by atoms with E-state index in [2.05, 4.69) is 0 Å². The fraction of sp³-hybridized carbons (Fsp3) is 0.467. The minimum absolute atomic E-state index is 0.0811. The number of ether oxygens (including phenoxy) is 1.